The fraction of sp³-hybridized carbons (Fsp3) is 0.214. The van der Waals surface area contributed by atoms with Gasteiger partial charge in [0.1, 0.15) is 0 Å². The SMILES string of the molecule is COc1ccc([N+](=O)[O-])c(NC(C)c2cccc(Br)c2)n1. The predicted octanol–water partition coefficient (Wildman–Crippen LogP) is 3.93. The van der Waals surface area contributed by atoms with Crippen LogP contribution in [-0.4, -0.2) is 17.0 Å². The summed E-state index contributed by atoms with van der Waals surface area (Å²) in [5.74, 6) is 0.511. The van der Waals surface area contributed by atoms with Crippen LogP contribution in [0.25, 0.3) is 0 Å². The zero-order valence-electron chi connectivity index (χ0n) is 11.5. The molecule has 21 heavy (non-hydrogen) atoms. The number of rotatable bonds is 5. The van der Waals surface area contributed by atoms with Crippen LogP contribution in [0, 0.1) is 10.1 Å². The van der Waals surface area contributed by atoms with E-state index in [1.165, 1.54) is 19.2 Å². The molecule has 0 aliphatic carbocycles. The minimum absolute atomic E-state index is 0.0855. The summed E-state index contributed by atoms with van der Waals surface area (Å²) < 4.78 is 5.96. The minimum atomic E-state index is -0.470. The average molecular weight is 352 g/mol. The maximum Gasteiger partial charge on any atom is 0.311 e. The second-order valence-electron chi connectivity index (χ2n) is 4.40. The molecule has 0 amide bonds. The van der Waals surface area contributed by atoms with Crippen LogP contribution in [0.2, 0.25) is 0 Å². The number of nitrogens with one attached hydrogen (secondary N) is 1. The van der Waals surface area contributed by atoms with E-state index in [0.717, 1.165) is 10.0 Å². The maximum atomic E-state index is 11.1. The normalized spacial score (nSPS) is 11.8. The van der Waals surface area contributed by atoms with E-state index in [4.69, 9.17) is 4.74 Å². The summed E-state index contributed by atoms with van der Waals surface area (Å²) in [5, 5.41) is 14.1. The molecule has 6 nitrogen and oxygen atoms in total. The lowest BCUT2D eigenvalue weighted by Gasteiger charge is -2.15. The number of nitro groups is 1. The molecule has 1 aromatic heterocycles. The molecule has 1 aromatic carbocycles. The number of nitrogens with zero attached hydrogens (tertiary/aromatic N) is 2. The molecule has 0 spiro atoms. The first-order chi connectivity index (χ1) is 10.0. The van der Waals surface area contributed by atoms with Gasteiger partial charge in [0.15, 0.2) is 0 Å². The lowest BCUT2D eigenvalue weighted by atomic mass is 10.1. The highest BCUT2D eigenvalue weighted by molar-refractivity contribution is 9.10. The van der Waals surface area contributed by atoms with Crippen molar-refractivity contribution in [3.8, 4) is 5.88 Å². The number of ether oxygens (including phenoxy) is 1. The van der Waals surface area contributed by atoms with Crippen molar-refractivity contribution in [1.82, 2.24) is 4.98 Å². The standard InChI is InChI=1S/C14H14BrN3O3/c1-9(10-4-3-5-11(15)8-10)16-14-12(18(19)20)6-7-13(17-14)21-2/h3-9H,1-2H3,(H,16,17). The highest BCUT2D eigenvalue weighted by atomic mass is 79.9. The average Bonchev–Trinajstić information content (AvgIpc) is 2.46. The van der Waals surface area contributed by atoms with E-state index in [9.17, 15) is 10.1 Å². The third kappa shape index (κ3) is 3.69. The van der Waals surface area contributed by atoms with Gasteiger partial charge in [-0.2, -0.15) is 4.98 Å². The van der Waals surface area contributed by atoms with Gasteiger partial charge in [-0.05, 0) is 24.6 Å². The van der Waals surface area contributed by atoms with Crippen LogP contribution in [0.15, 0.2) is 40.9 Å². The topological polar surface area (TPSA) is 77.3 Å². The van der Waals surface area contributed by atoms with E-state index in [1.807, 2.05) is 31.2 Å². The van der Waals surface area contributed by atoms with E-state index in [0.29, 0.717) is 5.88 Å². The Bertz CT molecular complexity index is 664. The number of benzene rings is 1. The lowest BCUT2D eigenvalue weighted by Crippen LogP contribution is -2.10. The second-order valence-corrected chi connectivity index (χ2v) is 5.32. The Morgan fingerprint density at radius 1 is 1.38 bits per heavy atom. The van der Waals surface area contributed by atoms with Crippen molar-refractivity contribution in [1.29, 1.82) is 0 Å². The number of methoxy groups -OCH3 is 1. The van der Waals surface area contributed by atoms with Gasteiger partial charge in [-0.1, -0.05) is 28.1 Å². The second kappa shape index (κ2) is 6.53. The Balaban J connectivity index is 2.31. The Hall–Kier alpha value is -2.15. The van der Waals surface area contributed by atoms with Gasteiger partial charge in [-0.25, -0.2) is 0 Å². The monoisotopic (exact) mass is 351 g/mol. The molecule has 0 aliphatic heterocycles. The van der Waals surface area contributed by atoms with Gasteiger partial charge < -0.3 is 10.1 Å². The number of hydrogen-bond donors (Lipinski definition) is 1. The quantitative estimate of drug-likeness (QED) is 0.652. The molecular formula is C14H14BrN3O3. The number of halogens is 1. The third-order valence-corrected chi connectivity index (χ3v) is 3.45. The summed E-state index contributed by atoms with van der Waals surface area (Å²) in [5.41, 5.74) is 0.904. The molecule has 1 heterocycles. The fourth-order valence-corrected chi connectivity index (χ4v) is 2.28. The Labute approximate surface area is 130 Å². The van der Waals surface area contributed by atoms with Crippen molar-refractivity contribution < 1.29 is 9.66 Å². The van der Waals surface area contributed by atoms with Crippen LogP contribution in [0.1, 0.15) is 18.5 Å². The molecule has 2 aromatic rings. The summed E-state index contributed by atoms with van der Waals surface area (Å²) in [4.78, 5) is 14.7. The molecule has 1 N–H and O–H groups in total. The van der Waals surface area contributed by atoms with E-state index in [-0.39, 0.29) is 17.5 Å². The first-order valence-electron chi connectivity index (χ1n) is 6.22. The van der Waals surface area contributed by atoms with E-state index in [1.54, 1.807) is 0 Å². The molecule has 0 aliphatic rings. The molecular weight excluding hydrogens is 338 g/mol. The lowest BCUT2D eigenvalue weighted by molar-refractivity contribution is -0.384. The van der Waals surface area contributed by atoms with Crippen molar-refractivity contribution in [2.75, 3.05) is 12.4 Å². The van der Waals surface area contributed by atoms with Crippen LogP contribution in [0.5, 0.6) is 5.88 Å². The number of hydrogen-bond acceptors (Lipinski definition) is 5. The first-order valence-corrected chi connectivity index (χ1v) is 7.02. The smallest absolute Gasteiger partial charge is 0.311 e. The zero-order chi connectivity index (χ0) is 15.4. The highest BCUT2D eigenvalue weighted by Gasteiger charge is 2.18. The molecule has 7 heteroatoms. The summed E-state index contributed by atoms with van der Waals surface area (Å²) >= 11 is 3.40. The van der Waals surface area contributed by atoms with E-state index < -0.39 is 4.92 Å². The van der Waals surface area contributed by atoms with Crippen LogP contribution in [0.4, 0.5) is 11.5 Å². The van der Waals surface area contributed by atoms with Crippen LogP contribution in [-0.2, 0) is 0 Å². The van der Waals surface area contributed by atoms with Crippen molar-refractivity contribution in [2.24, 2.45) is 0 Å². The van der Waals surface area contributed by atoms with Gasteiger partial charge in [0.05, 0.1) is 18.1 Å². The largest absolute Gasteiger partial charge is 0.481 e. The van der Waals surface area contributed by atoms with Crippen molar-refractivity contribution in [3.63, 3.8) is 0 Å². The Kier molecular flexibility index (Phi) is 4.74. The van der Waals surface area contributed by atoms with Gasteiger partial charge in [-0.15, -0.1) is 0 Å². The molecule has 1 unspecified atom stereocenters. The van der Waals surface area contributed by atoms with Crippen molar-refractivity contribution in [2.45, 2.75) is 13.0 Å². The summed E-state index contributed by atoms with van der Waals surface area (Å²) in [6.45, 7) is 1.91. The van der Waals surface area contributed by atoms with Crippen molar-refractivity contribution >= 4 is 27.4 Å². The first kappa shape index (κ1) is 15.2. The van der Waals surface area contributed by atoms with Crippen LogP contribution in [0.3, 0.4) is 0 Å². The molecule has 1 atom stereocenters. The summed E-state index contributed by atoms with van der Waals surface area (Å²) in [6.07, 6.45) is 0. The molecule has 2 rings (SSSR count). The zero-order valence-corrected chi connectivity index (χ0v) is 13.1. The molecule has 110 valence electrons. The van der Waals surface area contributed by atoms with E-state index >= 15 is 0 Å². The molecule has 0 fully saturated rings. The van der Waals surface area contributed by atoms with E-state index in [2.05, 4.69) is 26.2 Å². The van der Waals surface area contributed by atoms with Gasteiger partial charge in [0.25, 0.3) is 0 Å². The number of anilines is 1. The third-order valence-electron chi connectivity index (χ3n) is 2.96. The Morgan fingerprint density at radius 2 is 2.14 bits per heavy atom. The van der Waals surface area contributed by atoms with Gasteiger partial charge in [0, 0.05) is 16.6 Å². The molecule has 0 saturated carbocycles. The van der Waals surface area contributed by atoms with Gasteiger partial charge >= 0.3 is 5.69 Å². The minimum Gasteiger partial charge on any atom is -0.481 e. The van der Waals surface area contributed by atoms with Gasteiger partial charge in [-0.3, -0.25) is 10.1 Å². The fourth-order valence-electron chi connectivity index (χ4n) is 1.87. The predicted molar refractivity (Wildman–Crippen MR) is 83.6 cm³/mol. The molecule has 0 saturated heterocycles. The molecule has 0 bridgehead atoms. The molecule has 0 radical (unpaired) electrons. The van der Waals surface area contributed by atoms with Crippen molar-refractivity contribution in [3.05, 3.63) is 56.5 Å². The van der Waals surface area contributed by atoms with Gasteiger partial charge in [0.2, 0.25) is 11.7 Å². The summed E-state index contributed by atoms with van der Waals surface area (Å²) in [7, 11) is 1.47. The maximum absolute atomic E-state index is 11.1. The van der Waals surface area contributed by atoms with Crippen LogP contribution < -0.4 is 10.1 Å². The highest BCUT2D eigenvalue weighted by Crippen LogP contribution is 2.29. The number of aromatic nitrogens is 1. The van der Waals surface area contributed by atoms with Crippen LogP contribution >= 0.6 is 15.9 Å². The number of pyridine rings is 1. The Morgan fingerprint density at radius 3 is 2.76 bits per heavy atom. The summed E-state index contributed by atoms with van der Waals surface area (Å²) in [6, 6.07) is 10.4.